The number of aromatic nitrogens is 3. The van der Waals surface area contributed by atoms with Crippen molar-refractivity contribution in [1.29, 1.82) is 0 Å². The van der Waals surface area contributed by atoms with Crippen molar-refractivity contribution in [2.24, 2.45) is 0 Å². The number of nitrogens with zero attached hydrogens (tertiary/aromatic N) is 2. The molecule has 3 rings (SSSR count). The molecule has 0 saturated carbocycles. The number of H-pyrrole nitrogens is 1. The van der Waals surface area contributed by atoms with E-state index in [1.54, 1.807) is 6.07 Å². The molecule has 0 aliphatic carbocycles. The number of rotatable bonds is 4. The Balaban J connectivity index is 2.47. The quantitative estimate of drug-likeness (QED) is 0.555. The van der Waals surface area contributed by atoms with Gasteiger partial charge in [0, 0.05) is 10.9 Å². The molecule has 3 aromatic heterocycles. The minimum absolute atomic E-state index is 0.0330. The van der Waals surface area contributed by atoms with Crippen molar-refractivity contribution < 1.29 is 13.2 Å². The molecule has 0 spiro atoms. The minimum atomic E-state index is -4.69. The molecule has 0 aliphatic rings. The predicted octanol–water partition coefficient (Wildman–Crippen LogP) is 5.73. The average Bonchev–Trinajstić information content (AvgIpc) is 3.08. The van der Waals surface area contributed by atoms with E-state index in [0.717, 1.165) is 17.4 Å². The summed E-state index contributed by atoms with van der Waals surface area (Å²) in [7, 11) is 0. The van der Waals surface area contributed by atoms with Crippen LogP contribution in [0.3, 0.4) is 0 Å². The third kappa shape index (κ3) is 3.58. The molecule has 0 saturated heterocycles. The Morgan fingerprint density at radius 3 is 2.59 bits per heavy atom. The van der Waals surface area contributed by atoms with Crippen molar-refractivity contribution in [1.82, 2.24) is 14.5 Å². The Morgan fingerprint density at radius 2 is 2.04 bits per heavy atom. The second-order valence-electron chi connectivity index (χ2n) is 6.26. The number of fused-ring (bicyclic) bond motifs is 1. The van der Waals surface area contributed by atoms with E-state index < -0.39 is 22.7 Å². The van der Waals surface area contributed by atoms with E-state index in [4.69, 9.17) is 12.2 Å². The van der Waals surface area contributed by atoms with Crippen molar-refractivity contribution in [3.05, 3.63) is 43.8 Å². The van der Waals surface area contributed by atoms with Crippen molar-refractivity contribution in [2.75, 3.05) is 0 Å². The molecule has 0 radical (unpaired) electrons. The molecule has 0 aromatic carbocycles. The lowest BCUT2D eigenvalue weighted by molar-refractivity contribution is -0.136. The van der Waals surface area contributed by atoms with Gasteiger partial charge in [-0.15, -0.1) is 11.3 Å². The fraction of sp³-hybridized carbons (Fsp3) is 0.389. The molecule has 9 heteroatoms. The van der Waals surface area contributed by atoms with E-state index in [0.29, 0.717) is 11.3 Å². The Morgan fingerprint density at radius 1 is 1.33 bits per heavy atom. The summed E-state index contributed by atoms with van der Waals surface area (Å²) in [6, 6.07) is 4.37. The first-order valence-electron chi connectivity index (χ1n) is 8.53. The van der Waals surface area contributed by atoms with E-state index in [-0.39, 0.29) is 22.2 Å². The fourth-order valence-electron chi connectivity index (χ4n) is 2.89. The molecule has 0 aliphatic heterocycles. The highest BCUT2D eigenvalue weighted by atomic mass is 32.1. The smallest absolute Gasteiger partial charge is 0.300 e. The number of hydrogen-bond acceptors (Lipinski definition) is 4. The molecule has 0 amide bonds. The summed E-state index contributed by atoms with van der Waals surface area (Å²) in [5.74, 6) is 0. The number of halogens is 3. The first-order chi connectivity index (χ1) is 12.7. The maximum atomic E-state index is 13.8. The third-order valence-electron chi connectivity index (χ3n) is 4.49. The molecular weight excluding hydrogens is 395 g/mol. The van der Waals surface area contributed by atoms with Gasteiger partial charge in [0.25, 0.3) is 5.56 Å². The topological polar surface area (TPSA) is 50.7 Å². The van der Waals surface area contributed by atoms with Gasteiger partial charge in [0.15, 0.2) is 4.77 Å². The highest BCUT2D eigenvalue weighted by Crippen LogP contribution is 2.37. The fourth-order valence-corrected chi connectivity index (χ4v) is 4.16. The van der Waals surface area contributed by atoms with Gasteiger partial charge in [0.2, 0.25) is 0 Å². The van der Waals surface area contributed by atoms with Crippen LogP contribution in [0.5, 0.6) is 0 Å². The summed E-state index contributed by atoms with van der Waals surface area (Å²) in [4.78, 5) is 20.8. The maximum absolute atomic E-state index is 13.8. The number of aromatic amines is 1. The normalized spacial score (nSPS) is 13.3. The number of alkyl halides is 3. The Labute approximate surface area is 162 Å². The van der Waals surface area contributed by atoms with Gasteiger partial charge in [-0.05, 0) is 50.2 Å². The monoisotopic (exact) mass is 413 g/mol. The molecule has 3 aromatic rings. The SMILES string of the molecule is CCc1ccc(-c2cc(C(F)(F)F)c3c(=O)[nH]c(=S)n([C@@H](C)CC)c3n2)s1. The van der Waals surface area contributed by atoms with Gasteiger partial charge in [-0.25, -0.2) is 4.98 Å². The second-order valence-corrected chi connectivity index (χ2v) is 7.81. The molecule has 1 atom stereocenters. The highest BCUT2D eigenvalue weighted by Gasteiger charge is 2.36. The van der Waals surface area contributed by atoms with Crippen molar-refractivity contribution >= 4 is 34.6 Å². The van der Waals surface area contributed by atoms with Crippen LogP contribution in [0.4, 0.5) is 13.2 Å². The first kappa shape index (κ1) is 19.8. The summed E-state index contributed by atoms with van der Waals surface area (Å²) in [6.45, 7) is 5.70. The molecular formula is C18H18F3N3OS2. The van der Waals surface area contributed by atoms with Gasteiger partial charge in [0.05, 0.1) is 21.5 Å². The lowest BCUT2D eigenvalue weighted by atomic mass is 10.1. The summed E-state index contributed by atoms with van der Waals surface area (Å²) < 4.78 is 42.9. The molecule has 0 bridgehead atoms. The summed E-state index contributed by atoms with van der Waals surface area (Å²) >= 11 is 6.61. The zero-order valence-electron chi connectivity index (χ0n) is 15.0. The van der Waals surface area contributed by atoms with Gasteiger partial charge in [0.1, 0.15) is 5.65 Å². The number of thiophene rings is 1. The summed E-state index contributed by atoms with van der Waals surface area (Å²) in [5, 5.41) is -0.479. The van der Waals surface area contributed by atoms with Crippen LogP contribution in [0.2, 0.25) is 0 Å². The molecule has 1 N–H and O–H groups in total. The van der Waals surface area contributed by atoms with E-state index in [9.17, 15) is 18.0 Å². The number of nitrogens with one attached hydrogen (secondary N) is 1. The lowest BCUT2D eigenvalue weighted by Gasteiger charge is -2.19. The molecule has 0 fully saturated rings. The van der Waals surface area contributed by atoms with Gasteiger partial charge in [-0.2, -0.15) is 13.2 Å². The summed E-state index contributed by atoms with van der Waals surface area (Å²) in [6.07, 6.45) is -3.28. The molecule has 4 nitrogen and oxygen atoms in total. The zero-order valence-corrected chi connectivity index (χ0v) is 16.6. The third-order valence-corrected chi connectivity index (χ3v) is 6.05. The predicted molar refractivity (Wildman–Crippen MR) is 104 cm³/mol. The molecule has 3 heterocycles. The van der Waals surface area contributed by atoms with E-state index in [1.807, 2.05) is 26.8 Å². The number of aryl methyl sites for hydroxylation is 1. The lowest BCUT2D eigenvalue weighted by Crippen LogP contribution is -2.22. The van der Waals surface area contributed by atoms with Crippen LogP contribution < -0.4 is 5.56 Å². The first-order valence-corrected chi connectivity index (χ1v) is 9.75. The van der Waals surface area contributed by atoms with Crippen molar-refractivity contribution in [3.8, 4) is 10.6 Å². The Bertz CT molecular complexity index is 1110. The number of hydrogen-bond donors (Lipinski definition) is 1. The molecule has 144 valence electrons. The van der Waals surface area contributed by atoms with Crippen LogP contribution in [0.1, 0.15) is 43.7 Å². The van der Waals surface area contributed by atoms with E-state index in [1.165, 1.54) is 15.9 Å². The maximum Gasteiger partial charge on any atom is 0.417 e. The number of pyridine rings is 1. The molecule has 0 unspecified atom stereocenters. The zero-order chi connectivity index (χ0) is 19.9. The van der Waals surface area contributed by atoms with Crippen molar-refractivity contribution in [3.63, 3.8) is 0 Å². The standard InChI is InChI=1S/C18H18F3N3OS2/c1-4-9(3)24-15-14(16(25)23-17(24)26)11(18(19,20)21)8-12(22-15)13-7-6-10(5-2)27-13/h6-9H,4-5H2,1-3H3,(H,23,25,26)/t9-/m0/s1. The van der Waals surface area contributed by atoms with Crippen LogP contribution in [0.25, 0.3) is 21.6 Å². The van der Waals surface area contributed by atoms with E-state index in [2.05, 4.69) is 9.97 Å². The molecule has 27 heavy (non-hydrogen) atoms. The Kier molecular flexibility index (Phi) is 5.27. The van der Waals surface area contributed by atoms with Crippen LogP contribution in [0.15, 0.2) is 23.0 Å². The van der Waals surface area contributed by atoms with Crippen LogP contribution in [0, 0.1) is 4.77 Å². The minimum Gasteiger partial charge on any atom is -0.300 e. The van der Waals surface area contributed by atoms with E-state index >= 15 is 0 Å². The second kappa shape index (κ2) is 7.20. The van der Waals surface area contributed by atoms with Crippen LogP contribution in [-0.4, -0.2) is 14.5 Å². The van der Waals surface area contributed by atoms with Gasteiger partial charge in [-0.1, -0.05) is 13.8 Å². The van der Waals surface area contributed by atoms with Gasteiger partial charge in [-0.3, -0.25) is 14.3 Å². The van der Waals surface area contributed by atoms with Crippen LogP contribution >= 0.6 is 23.6 Å². The van der Waals surface area contributed by atoms with Gasteiger partial charge >= 0.3 is 6.18 Å². The highest BCUT2D eigenvalue weighted by molar-refractivity contribution is 7.71. The largest absolute Gasteiger partial charge is 0.417 e. The summed E-state index contributed by atoms with van der Waals surface area (Å²) in [5.41, 5.74) is -1.71. The van der Waals surface area contributed by atoms with Gasteiger partial charge < -0.3 is 0 Å². The average molecular weight is 413 g/mol. The van der Waals surface area contributed by atoms with Crippen molar-refractivity contribution in [2.45, 2.75) is 45.8 Å². The Hall–Kier alpha value is -2.00. The van der Waals surface area contributed by atoms with Crippen LogP contribution in [-0.2, 0) is 12.6 Å².